The van der Waals surface area contributed by atoms with Crippen molar-refractivity contribution in [2.75, 3.05) is 7.11 Å². The Hall–Kier alpha value is -1.54. The first-order valence-corrected chi connectivity index (χ1v) is 5.86. The van der Waals surface area contributed by atoms with Gasteiger partial charge in [-0.1, -0.05) is 30.4 Å². The smallest absolute Gasteiger partial charge is 0.118 e. The molecule has 0 saturated carbocycles. The summed E-state index contributed by atoms with van der Waals surface area (Å²) in [5.74, 6) is 0.815. The van der Waals surface area contributed by atoms with Gasteiger partial charge in [0.2, 0.25) is 0 Å². The van der Waals surface area contributed by atoms with Crippen LogP contribution in [-0.4, -0.2) is 17.8 Å². The molecule has 1 aliphatic carbocycles. The Morgan fingerprint density at radius 2 is 2.12 bits per heavy atom. The molecule has 0 spiro atoms. The van der Waals surface area contributed by atoms with Crippen LogP contribution in [0.4, 0.5) is 0 Å². The molecule has 17 heavy (non-hydrogen) atoms. The van der Waals surface area contributed by atoms with E-state index in [4.69, 9.17) is 4.74 Å². The quantitative estimate of drug-likeness (QED) is 0.809. The van der Waals surface area contributed by atoms with Gasteiger partial charge in [-0.05, 0) is 30.5 Å². The summed E-state index contributed by atoms with van der Waals surface area (Å²) in [5, 5.41) is 10.5. The number of hydrogen-bond donors (Lipinski definition) is 1. The fourth-order valence-corrected chi connectivity index (χ4v) is 2.31. The molecule has 2 unspecified atom stereocenters. The van der Waals surface area contributed by atoms with Crippen LogP contribution in [0.2, 0.25) is 0 Å². The van der Waals surface area contributed by atoms with E-state index < -0.39 is 5.60 Å². The molecule has 0 radical (unpaired) electrons. The van der Waals surface area contributed by atoms with Gasteiger partial charge < -0.3 is 9.84 Å². The standard InChI is InChI=1S/C15H18O2/c1-3-15(16)11-5-4-6-14(15)12-7-9-13(17-2)10-8-12/h3-4,6-10,14,16H,1,5,11H2,2H3. The first-order chi connectivity index (χ1) is 8.19. The number of benzene rings is 1. The average molecular weight is 230 g/mol. The Bertz CT molecular complexity index is 419. The molecule has 0 amide bonds. The Balaban J connectivity index is 2.33. The minimum Gasteiger partial charge on any atom is -0.497 e. The molecule has 0 fully saturated rings. The molecule has 0 heterocycles. The van der Waals surface area contributed by atoms with Crippen molar-refractivity contribution >= 4 is 0 Å². The van der Waals surface area contributed by atoms with Crippen molar-refractivity contribution in [1.82, 2.24) is 0 Å². The zero-order valence-corrected chi connectivity index (χ0v) is 10.1. The fraction of sp³-hybridized carbons (Fsp3) is 0.333. The molecule has 1 aromatic carbocycles. The van der Waals surface area contributed by atoms with Gasteiger partial charge in [-0.3, -0.25) is 0 Å². The highest BCUT2D eigenvalue weighted by Gasteiger charge is 2.34. The van der Waals surface area contributed by atoms with Crippen molar-refractivity contribution in [1.29, 1.82) is 0 Å². The van der Waals surface area contributed by atoms with Gasteiger partial charge in [-0.2, -0.15) is 0 Å². The number of allylic oxidation sites excluding steroid dienone is 1. The third kappa shape index (κ3) is 2.27. The van der Waals surface area contributed by atoms with Crippen molar-refractivity contribution in [2.45, 2.75) is 24.4 Å². The van der Waals surface area contributed by atoms with Crippen molar-refractivity contribution < 1.29 is 9.84 Å². The molecule has 0 aromatic heterocycles. The number of aliphatic hydroxyl groups is 1. The molecule has 1 aliphatic rings. The number of methoxy groups -OCH3 is 1. The van der Waals surface area contributed by atoms with E-state index in [2.05, 4.69) is 18.7 Å². The first-order valence-electron chi connectivity index (χ1n) is 5.86. The van der Waals surface area contributed by atoms with Gasteiger partial charge in [0.25, 0.3) is 0 Å². The second-order valence-electron chi connectivity index (χ2n) is 4.41. The van der Waals surface area contributed by atoms with E-state index in [0.29, 0.717) is 0 Å². The lowest BCUT2D eigenvalue weighted by atomic mass is 9.76. The minimum absolute atomic E-state index is 0.0142. The summed E-state index contributed by atoms with van der Waals surface area (Å²) in [7, 11) is 1.65. The minimum atomic E-state index is -0.830. The molecule has 90 valence electrons. The van der Waals surface area contributed by atoms with E-state index in [1.807, 2.05) is 24.3 Å². The monoisotopic (exact) mass is 230 g/mol. The summed E-state index contributed by atoms with van der Waals surface area (Å²) >= 11 is 0. The summed E-state index contributed by atoms with van der Waals surface area (Å²) in [5.41, 5.74) is 0.257. The van der Waals surface area contributed by atoms with Crippen molar-refractivity contribution in [3.63, 3.8) is 0 Å². The van der Waals surface area contributed by atoms with Crippen LogP contribution in [0, 0.1) is 0 Å². The number of hydrogen-bond acceptors (Lipinski definition) is 2. The van der Waals surface area contributed by atoms with Gasteiger partial charge in [0, 0.05) is 5.92 Å². The van der Waals surface area contributed by atoms with Gasteiger partial charge in [0.1, 0.15) is 5.75 Å². The molecule has 0 saturated heterocycles. The lowest BCUT2D eigenvalue weighted by Gasteiger charge is -2.34. The van der Waals surface area contributed by atoms with E-state index in [0.717, 1.165) is 24.2 Å². The molecule has 0 aliphatic heterocycles. The van der Waals surface area contributed by atoms with Crippen molar-refractivity contribution in [3.05, 3.63) is 54.6 Å². The van der Waals surface area contributed by atoms with E-state index in [9.17, 15) is 5.11 Å². The molecular weight excluding hydrogens is 212 g/mol. The Morgan fingerprint density at radius 1 is 1.41 bits per heavy atom. The van der Waals surface area contributed by atoms with Crippen LogP contribution in [0.25, 0.3) is 0 Å². The fourth-order valence-electron chi connectivity index (χ4n) is 2.31. The highest BCUT2D eigenvalue weighted by Crippen LogP contribution is 2.38. The largest absolute Gasteiger partial charge is 0.497 e. The van der Waals surface area contributed by atoms with E-state index >= 15 is 0 Å². The third-order valence-corrected chi connectivity index (χ3v) is 3.41. The lowest BCUT2D eigenvalue weighted by molar-refractivity contribution is 0.0632. The highest BCUT2D eigenvalue weighted by molar-refractivity contribution is 5.36. The maximum Gasteiger partial charge on any atom is 0.118 e. The van der Waals surface area contributed by atoms with Crippen LogP contribution in [0.1, 0.15) is 24.3 Å². The van der Waals surface area contributed by atoms with Gasteiger partial charge in [-0.25, -0.2) is 0 Å². The third-order valence-electron chi connectivity index (χ3n) is 3.41. The van der Waals surface area contributed by atoms with Gasteiger partial charge in [0.15, 0.2) is 0 Å². The Kier molecular flexibility index (Phi) is 3.34. The lowest BCUT2D eigenvalue weighted by Crippen LogP contribution is -2.34. The predicted octanol–water partition coefficient (Wildman–Crippen LogP) is 3.05. The summed E-state index contributed by atoms with van der Waals surface area (Å²) < 4.78 is 5.13. The van der Waals surface area contributed by atoms with E-state index in [1.54, 1.807) is 13.2 Å². The van der Waals surface area contributed by atoms with Crippen molar-refractivity contribution in [3.8, 4) is 5.75 Å². The van der Waals surface area contributed by atoms with Crippen molar-refractivity contribution in [2.24, 2.45) is 0 Å². The zero-order valence-electron chi connectivity index (χ0n) is 10.1. The molecule has 2 nitrogen and oxygen atoms in total. The van der Waals surface area contributed by atoms with Crippen LogP contribution < -0.4 is 4.74 Å². The molecule has 1 N–H and O–H groups in total. The summed E-state index contributed by atoms with van der Waals surface area (Å²) in [4.78, 5) is 0. The molecule has 2 heteroatoms. The summed E-state index contributed by atoms with van der Waals surface area (Å²) in [6.45, 7) is 3.76. The van der Waals surface area contributed by atoms with Crippen LogP contribution in [0.3, 0.4) is 0 Å². The Morgan fingerprint density at radius 3 is 2.71 bits per heavy atom. The number of ether oxygens (including phenoxy) is 1. The SMILES string of the molecule is C=CC1(O)CCC=CC1c1ccc(OC)cc1. The maximum absolute atomic E-state index is 10.5. The molecule has 2 atom stereocenters. The average Bonchev–Trinajstić information content (AvgIpc) is 2.39. The second kappa shape index (κ2) is 4.76. The molecular formula is C15H18O2. The predicted molar refractivity (Wildman–Crippen MR) is 69.3 cm³/mol. The van der Waals surface area contributed by atoms with Crippen LogP contribution >= 0.6 is 0 Å². The Labute approximate surface area is 102 Å². The van der Waals surface area contributed by atoms with Crippen LogP contribution in [0.15, 0.2) is 49.1 Å². The number of rotatable bonds is 3. The highest BCUT2D eigenvalue weighted by atomic mass is 16.5. The first kappa shape index (κ1) is 11.9. The van der Waals surface area contributed by atoms with Gasteiger partial charge >= 0.3 is 0 Å². The molecule has 1 aromatic rings. The van der Waals surface area contributed by atoms with E-state index in [1.165, 1.54) is 0 Å². The summed E-state index contributed by atoms with van der Waals surface area (Å²) in [6.07, 6.45) is 7.46. The van der Waals surface area contributed by atoms with Crippen LogP contribution in [0.5, 0.6) is 5.75 Å². The molecule has 2 rings (SSSR count). The second-order valence-corrected chi connectivity index (χ2v) is 4.41. The van der Waals surface area contributed by atoms with Crippen LogP contribution in [-0.2, 0) is 0 Å². The normalized spacial score (nSPS) is 27.8. The maximum atomic E-state index is 10.5. The zero-order chi connectivity index (χ0) is 12.3. The summed E-state index contributed by atoms with van der Waals surface area (Å²) in [6, 6.07) is 7.82. The van der Waals surface area contributed by atoms with E-state index in [-0.39, 0.29) is 5.92 Å². The molecule has 0 bridgehead atoms. The topological polar surface area (TPSA) is 29.5 Å². The van der Waals surface area contributed by atoms with Gasteiger partial charge in [-0.15, -0.1) is 6.58 Å². The van der Waals surface area contributed by atoms with Gasteiger partial charge in [0.05, 0.1) is 12.7 Å².